The van der Waals surface area contributed by atoms with Gasteiger partial charge in [-0.05, 0) is 73.2 Å². The van der Waals surface area contributed by atoms with Crippen LogP contribution in [0.2, 0.25) is 0 Å². The number of hydrogen-bond acceptors (Lipinski definition) is 5. The molecule has 2 amide bonds. The molecule has 2 atom stereocenters. The zero-order valence-corrected chi connectivity index (χ0v) is 27.2. The number of benzene rings is 3. The molecule has 1 N–H and O–H groups in total. The summed E-state index contributed by atoms with van der Waals surface area (Å²) in [6.07, 6.45) is -2.23. The molecule has 1 aromatic heterocycles. The number of alkyl halides is 3. The Balaban J connectivity index is 1.23. The van der Waals surface area contributed by atoms with Gasteiger partial charge in [-0.3, -0.25) is 0 Å². The monoisotopic (exact) mass is 650 g/mol. The smallest absolute Gasteiger partial charge is 0.406 e. The van der Waals surface area contributed by atoms with Gasteiger partial charge in [0.1, 0.15) is 12.1 Å². The third-order valence-electron chi connectivity index (χ3n) is 7.98. The fraction of sp³-hybridized carbons (Fsp3) is 0.353. The van der Waals surface area contributed by atoms with Crippen LogP contribution in [0.1, 0.15) is 62.6 Å². The third-order valence-corrected chi connectivity index (χ3v) is 9.04. The van der Waals surface area contributed by atoms with E-state index in [0.29, 0.717) is 17.4 Å². The lowest BCUT2D eigenvalue weighted by molar-refractivity contribution is -0.274. The summed E-state index contributed by atoms with van der Waals surface area (Å²) in [5, 5.41) is 8.26. The van der Waals surface area contributed by atoms with Gasteiger partial charge in [-0.1, -0.05) is 68.9 Å². The van der Waals surface area contributed by atoms with E-state index in [9.17, 15) is 18.0 Å². The van der Waals surface area contributed by atoms with E-state index in [1.165, 1.54) is 46.4 Å². The van der Waals surface area contributed by atoms with E-state index in [2.05, 4.69) is 75.9 Å². The minimum absolute atomic E-state index is 0.000534. The maximum atomic E-state index is 13.1. The zero-order chi connectivity index (χ0) is 33.0. The van der Waals surface area contributed by atoms with Crippen molar-refractivity contribution in [1.82, 2.24) is 20.1 Å². The van der Waals surface area contributed by atoms with E-state index in [4.69, 9.17) is 0 Å². The summed E-state index contributed by atoms with van der Waals surface area (Å²) in [6, 6.07) is 18.9. The predicted octanol–water partition coefficient (Wildman–Crippen LogP) is 8.47. The number of thioether (sulfide) groups is 1. The van der Waals surface area contributed by atoms with Crippen LogP contribution in [0.5, 0.6) is 5.75 Å². The average molecular weight is 651 g/mol. The lowest BCUT2D eigenvalue weighted by Crippen LogP contribution is -2.39. The van der Waals surface area contributed by atoms with Gasteiger partial charge < -0.3 is 15.0 Å². The number of nitrogens with zero attached hydrogens (tertiary/aromatic N) is 5. The highest BCUT2D eigenvalue weighted by Gasteiger charge is 2.31. The predicted molar refractivity (Wildman–Crippen MR) is 177 cm³/mol. The number of ether oxygens (including phenoxy) is 1. The van der Waals surface area contributed by atoms with Crippen molar-refractivity contribution >= 4 is 28.6 Å². The molecule has 8 nitrogen and oxygen atoms in total. The topological polar surface area (TPSA) is 84.6 Å². The van der Waals surface area contributed by atoms with Gasteiger partial charge in [-0.15, -0.1) is 18.3 Å². The first-order chi connectivity index (χ1) is 21.9. The van der Waals surface area contributed by atoms with Gasteiger partial charge in [0.2, 0.25) is 0 Å². The van der Waals surface area contributed by atoms with Gasteiger partial charge in [-0.2, -0.15) is 4.99 Å². The van der Waals surface area contributed by atoms with Crippen molar-refractivity contribution in [3.05, 3.63) is 89.7 Å². The van der Waals surface area contributed by atoms with E-state index in [-0.39, 0.29) is 23.7 Å². The molecular weight excluding hydrogens is 613 g/mol. The minimum Gasteiger partial charge on any atom is -0.406 e. The first-order valence-electron chi connectivity index (χ1n) is 15.2. The molecule has 1 saturated heterocycles. The molecule has 0 bridgehead atoms. The molecule has 1 aliphatic rings. The highest BCUT2D eigenvalue weighted by molar-refractivity contribution is 8.14. The number of rotatable bonds is 8. The van der Waals surface area contributed by atoms with Crippen molar-refractivity contribution in [2.24, 2.45) is 4.99 Å². The second-order valence-electron chi connectivity index (χ2n) is 11.6. The number of aryl methyl sites for hydroxylation is 1. The van der Waals surface area contributed by atoms with Crippen molar-refractivity contribution in [2.45, 2.75) is 65.3 Å². The SMILES string of the molecule is Cc1cccc(N2CCCSC2=NC(=O)NC(C)C(C)c2ccc(-c3ncn(-c4ccc(OC(F)(F)F)cc4)n3)cc2)c1C(C)C. The van der Waals surface area contributed by atoms with Gasteiger partial charge in [-0.25, -0.2) is 14.5 Å². The summed E-state index contributed by atoms with van der Waals surface area (Å²) in [7, 11) is 0. The molecule has 242 valence electrons. The number of carbonyl (C=O) groups is 1. The van der Waals surface area contributed by atoms with Crippen LogP contribution in [0, 0.1) is 6.92 Å². The molecule has 2 heterocycles. The Labute approximate surface area is 271 Å². The second kappa shape index (κ2) is 14.0. The Bertz CT molecular complexity index is 1690. The molecule has 3 aromatic carbocycles. The zero-order valence-electron chi connectivity index (χ0n) is 26.4. The molecular formula is C34H37F3N6O2S. The molecule has 2 unspecified atom stereocenters. The van der Waals surface area contributed by atoms with Gasteiger partial charge >= 0.3 is 12.4 Å². The normalized spacial score (nSPS) is 16.0. The quantitative estimate of drug-likeness (QED) is 0.206. The fourth-order valence-electron chi connectivity index (χ4n) is 5.51. The van der Waals surface area contributed by atoms with Crippen LogP contribution >= 0.6 is 11.8 Å². The number of nitrogens with one attached hydrogen (secondary N) is 1. The summed E-state index contributed by atoms with van der Waals surface area (Å²) in [5.41, 5.74) is 5.97. The summed E-state index contributed by atoms with van der Waals surface area (Å²) >= 11 is 1.61. The molecule has 12 heteroatoms. The number of carbonyl (C=O) groups excluding carboxylic acids is 1. The maximum Gasteiger partial charge on any atom is 0.573 e. The third kappa shape index (κ3) is 7.90. The van der Waals surface area contributed by atoms with Crippen LogP contribution in [0.3, 0.4) is 0 Å². The van der Waals surface area contributed by atoms with Crippen molar-refractivity contribution in [1.29, 1.82) is 0 Å². The number of aromatic nitrogens is 3. The lowest BCUT2D eigenvalue weighted by Gasteiger charge is -2.32. The average Bonchev–Trinajstić information content (AvgIpc) is 3.51. The molecule has 1 aliphatic heterocycles. The number of urea groups is 1. The molecule has 0 aliphatic carbocycles. The highest BCUT2D eigenvalue weighted by Crippen LogP contribution is 2.34. The second-order valence-corrected chi connectivity index (χ2v) is 12.7. The Morgan fingerprint density at radius 1 is 1.02 bits per heavy atom. The van der Waals surface area contributed by atoms with Crippen molar-refractivity contribution in [2.75, 3.05) is 17.2 Å². The Kier molecular flexibility index (Phi) is 10.0. The van der Waals surface area contributed by atoms with Gasteiger partial charge in [0.15, 0.2) is 11.0 Å². The standard InChI is InChI=1S/C34H37F3N6O2S/c1-21(2)30-22(3)8-6-9-29(30)42-18-7-19-46-33(42)40-32(44)39-24(5)23(4)25-10-12-26(13-11-25)31-38-20-43(41-31)27-14-16-28(17-15-27)45-34(35,36)37/h6,8-17,20-21,23-24H,7,18-19H2,1-5H3,(H,39,44). The van der Waals surface area contributed by atoms with Gasteiger partial charge in [0.05, 0.1) is 5.69 Å². The number of hydrogen-bond donors (Lipinski definition) is 1. The van der Waals surface area contributed by atoms with E-state index < -0.39 is 6.36 Å². The fourth-order valence-corrected chi connectivity index (χ4v) is 6.46. The van der Waals surface area contributed by atoms with Crippen LogP contribution in [0.4, 0.5) is 23.7 Å². The van der Waals surface area contributed by atoms with Crippen LogP contribution in [0.15, 0.2) is 78.0 Å². The molecule has 5 rings (SSSR count). The van der Waals surface area contributed by atoms with Crippen LogP contribution in [0.25, 0.3) is 17.1 Å². The van der Waals surface area contributed by atoms with E-state index in [1.807, 2.05) is 31.2 Å². The molecule has 1 fully saturated rings. The van der Waals surface area contributed by atoms with Crippen molar-refractivity contribution in [3.63, 3.8) is 0 Å². The van der Waals surface area contributed by atoms with Crippen LogP contribution in [-0.4, -0.2) is 50.7 Å². The molecule has 46 heavy (non-hydrogen) atoms. The summed E-state index contributed by atoms with van der Waals surface area (Å²) in [4.78, 5) is 24.2. The number of halogens is 3. The van der Waals surface area contributed by atoms with E-state index in [1.54, 1.807) is 11.8 Å². The Morgan fingerprint density at radius 3 is 2.41 bits per heavy atom. The summed E-state index contributed by atoms with van der Waals surface area (Å²) in [6.45, 7) is 11.3. The highest BCUT2D eigenvalue weighted by atomic mass is 32.2. The summed E-state index contributed by atoms with van der Waals surface area (Å²) in [5.74, 6) is 1.42. The van der Waals surface area contributed by atoms with Gasteiger partial charge in [0, 0.05) is 35.5 Å². The first kappa shape index (κ1) is 33.1. The van der Waals surface area contributed by atoms with E-state index in [0.717, 1.165) is 40.7 Å². The Morgan fingerprint density at radius 2 is 1.74 bits per heavy atom. The van der Waals surface area contributed by atoms with Crippen LogP contribution in [-0.2, 0) is 0 Å². The number of amidine groups is 1. The van der Waals surface area contributed by atoms with Crippen molar-refractivity contribution in [3.8, 4) is 22.8 Å². The largest absolute Gasteiger partial charge is 0.573 e. The summed E-state index contributed by atoms with van der Waals surface area (Å²) < 4.78 is 42.8. The van der Waals surface area contributed by atoms with Gasteiger partial charge in [0.25, 0.3) is 0 Å². The Hall–Kier alpha value is -4.32. The van der Waals surface area contributed by atoms with E-state index >= 15 is 0 Å². The van der Waals surface area contributed by atoms with Crippen LogP contribution < -0.4 is 15.0 Å². The number of aliphatic imine (C=N–C) groups is 1. The number of amides is 2. The first-order valence-corrected chi connectivity index (χ1v) is 16.2. The van der Waals surface area contributed by atoms with Crippen molar-refractivity contribution < 1.29 is 22.7 Å². The maximum absolute atomic E-state index is 13.1. The lowest BCUT2D eigenvalue weighted by atomic mass is 9.93. The molecule has 0 radical (unpaired) electrons. The molecule has 4 aromatic rings. The molecule has 0 spiro atoms. The molecule has 0 saturated carbocycles. The minimum atomic E-state index is -4.75. The number of anilines is 1.